The van der Waals surface area contributed by atoms with E-state index in [4.69, 9.17) is 4.74 Å². The molecule has 2 atom stereocenters. The highest BCUT2D eigenvalue weighted by Crippen LogP contribution is 2.50. The van der Waals surface area contributed by atoms with Crippen LogP contribution in [0.1, 0.15) is 32.8 Å². The zero-order valence-corrected chi connectivity index (χ0v) is 12.0. The van der Waals surface area contributed by atoms with Gasteiger partial charge in [-0.1, -0.05) is 13.8 Å². The maximum absolute atomic E-state index is 10.7. The second kappa shape index (κ2) is 5.57. The molecule has 0 aliphatic heterocycles. The fraction of sp³-hybridized carbons (Fsp3) is 0.667. The van der Waals surface area contributed by atoms with Gasteiger partial charge in [0, 0.05) is 43.9 Å². The van der Waals surface area contributed by atoms with Gasteiger partial charge in [0.15, 0.2) is 0 Å². The third-order valence-corrected chi connectivity index (χ3v) is 4.39. The molecule has 2 rings (SSSR count). The average molecular weight is 264 g/mol. The second-order valence-corrected chi connectivity index (χ2v) is 5.86. The Morgan fingerprint density at radius 2 is 2.11 bits per heavy atom. The Morgan fingerprint density at radius 1 is 1.42 bits per heavy atom. The largest absolute Gasteiger partial charge is 0.388 e. The lowest BCUT2D eigenvalue weighted by atomic mass is 9.56. The SMILES string of the molecule is CCO[C@H]1C[C@](O)(CNCc2ccncc2)C1(C)C. The Bertz CT molecular complexity index is 408. The van der Waals surface area contributed by atoms with Crippen molar-refractivity contribution in [2.45, 2.75) is 45.4 Å². The molecule has 2 N–H and O–H groups in total. The molecule has 0 unspecified atom stereocenters. The number of aliphatic hydroxyl groups is 1. The van der Waals surface area contributed by atoms with Crippen molar-refractivity contribution in [3.8, 4) is 0 Å². The minimum absolute atomic E-state index is 0.158. The Morgan fingerprint density at radius 3 is 2.68 bits per heavy atom. The van der Waals surface area contributed by atoms with Crippen LogP contribution in [0, 0.1) is 5.41 Å². The summed E-state index contributed by atoms with van der Waals surface area (Å²) < 4.78 is 5.66. The van der Waals surface area contributed by atoms with E-state index in [-0.39, 0.29) is 11.5 Å². The molecule has 4 nitrogen and oxygen atoms in total. The molecule has 1 aromatic rings. The highest BCUT2D eigenvalue weighted by Gasteiger charge is 2.59. The molecule has 19 heavy (non-hydrogen) atoms. The van der Waals surface area contributed by atoms with Crippen LogP contribution < -0.4 is 5.32 Å². The Balaban J connectivity index is 1.83. The number of rotatable bonds is 6. The molecule has 1 heterocycles. The number of nitrogens with zero attached hydrogens (tertiary/aromatic N) is 1. The number of hydrogen-bond donors (Lipinski definition) is 2. The fourth-order valence-corrected chi connectivity index (χ4v) is 2.68. The molecule has 1 fully saturated rings. The minimum Gasteiger partial charge on any atom is -0.388 e. The summed E-state index contributed by atoms with van der Waals surface area (Å²) in [6.07, 6.45) is 4.43. The average Bonchev–Trinajstić information content (AvgIpc) is 2.40. The Labute approximate surface area is 115 Å². The van der Waals surface area contributed by atoms with E-state index in [1.54, 1.807) is 12.4 Å². The van der Waals surface area contributed by atoms with E-state index in [0.717, 1.165) is 6.54 Å². The summed E-state index contributed by atoms with van der Waals surface area (Å²) in [4.78, 5) is 3.99. The predicted molar refractivity (Wildman–Crippen MR) is 74.7 cm³/mol. The Hall–Kier alpha value is -0.970. The van der Waals surface area contributed by atoms with Crippen LogP contribution in [-0.4, -0.2) is 34.9 Å². The molecule has 4 heteroatoms. The van der Waals surface area contributed by atoms with E-state index in [1.807, 2.05) is 19.1 Å². The van der Waals surface area contributed by atoms with Crippen molar-refractivity contribution in [2.24, 2.45) is 5.41 Å². The van der Waals surface area contributed by atoms with Gasteiger partial charge in [-0.25, -0.2) is 0 Å². The van der Waals surface area contributed by atoms with E-state index in [2.05, 4.69) is 24.1 Å². The van der Waals surface area contributed by atoms with E-state index >= 15 is 0 Å². The lowest BCUT2D eigenvalue weighted by molar-refractivity contribution is -0.238. The van der Waals surface area contributed by atoms with E-state index in [9.17, 15) is 5.11 Å². The third kappa shape index (κ3) is 2.81. The summed E-state index contributed by atoms with van der Waals surface area (Å²) in [6.45, 7) is 8.19. The van der Waals surface area contributed by atoms with Crippen molar-refractivity contribution in [3.63, 3.8) is 0 Å². The van der Waals surface area contributed by atoms with Gasteiger partial charge in [-0.2, -0.15) is 0 Å². The molecule has 1 aliphatic rings. The highest BCUT2D eigenvalue weighted by molar-refractivity contribution is 5.13. The van der Waals surface area contributed by atoms with E-state index in [0.29, 0.717) is 19.6 Å². The first-order chi connectivity index (χ1) is 8.99. The lowest BCUT2D eigenvalue weighted by Crippen LogP contribution is -2.68. The number of aromatic nitrogens is 1. The van der Waals surface area contributed by atoms with Crippen LogP contribution >= 0.6 is 0 Å². The van der Waals surface area contributed by atoms with Gasteiger partial charge in [0.25, 0.3) is 0 Å². The minimum atomic E-state index is -0.681. The number of nitrogens with one attached hydrogen (secondary N) is 1. The number of hydrogen-bond acceptors (Lipinski definition) is 4. The van der Waals surface area contributed by atoms with Gasteiger partial charge in [0.05, 0.1) is 11.7 Å². The maximum Gasteiger partial charge on any atom is 0.0871 e. The fourth-order valence-electron chi connectivity index (χ4n) is 2.68. The standard InChI is InChI=1S/C15H24N2O2/c1-4-19-13-9-15(18,14(13,2)3)11-17-10-12-5-7-16-8-6-12/h5-8,13,17-18H,4,9-11H2,1-3H3/t13-,15-/m0/s1. The van der Waals surface area contributed by atoms with Crippen molar-refractivity contribution in [1.82, 2.24) is 10.3 Å². The molecular weight excluding hydrogens is 240 g/mol. The van der Waals surface area contributed by atoms with E-state index < -0.39 is 5.60 Å². The number of pyridine rings is 1. The predicted octanol–water partition coefficient (Wildman–Crippen LogP) is 1.74. The van der Waals surface area contributed by atoms with Crippen LogP contribution in [-0.2, 0) is 11.3 Å². The van der Waals surface area contributed by atoms with Crippen molar-refractivity contribution >= 4 is 0 Å². The van der Waals surface area contributed by atoms with Gasteiger partial charge >= 0.3 is 0 Å². The van der Waals surface area contributed by atoms with Crippen LogP contribution in [0.3, 0.4) is 0 Å². The zero-order chi connectivity index (χ0) is 13.9. The smallest absolute Gasteiger partial charge is 0.0871 e. The molecule has 0 radical (unpaired) electrons. The molecule has 0 amide bonds. The first-order valence-corrected chi connectivity index (χ1v) is 6.93. The normalized spacial score (nSPS) is 28.9. The second-order valence-electron chi connectivity index (χ2n) is 5.86. The molecule has 0 aromatic carbocycles. The summed E-state index contributed by atoms with van der Waals surface area (Å²) >= 11 is 0. The van der Waals surface area contributed by atoms with Crippen molar-refractivity contribution in [1.29, 1.82) is 0 Å². The molecule has 1 saturated carbocycles. The first kappa shape index (κ1) is 14.4. The monoisotopic (exact) mass is 264 g/mol. The lowest BCUT2D eigenvalue weighted by Gasteiger charge is -2.58. The first-order valence-electron chi connectivity index (χ1n) is 6.93. The third-order valence-electron chi connectivity index (χ3n) is 4.39. The summed E-state index contributed by atoms with van der Waals surface area (Å²) in [5, 5.41) is 14.0. The van der Waals surface area contributed by atoms with Gasteiger partial charge in [0.2, 0.25) is 0 Å². The highest BCUT2D eigenvalue weighted by atomic mass is 16.5. The summed E-state index contributed by atoms with van der Waals surface area (Å²) in [5.41, 5.74) is 0.297. The molecule has 106 valence electrons. The van der Waals surface area contributed by atoms with Gasteiger partial charge in [-0.3, -0.25) is 4.98 Å². The number of ether oxygens (including phenoxy) is 1. The molecule has 0 saturated heterocycles. The summed E-state index contributed by atoms with van der Waals surface area (Å²) in [5.74, 6) is 0. The molecule has 0 spiro atoms. The quantitative estimate of drug-likeness (QED) is 0.821. The maximum atomic E-state index is 10.7. The topological polar surface area (TPSA) is 54.4 Å². The van der Waals surface area contributed by atoms with Crippen molar-refractivity contribution in [3.05, 3.63) is 30.1 Å². The van der Waals surface area contributed by atoms with Gasteiger partial charge < -0.3 is 15.2 Å². The summed E-state index contributed by atoms with van der Waals surface area (Å²) in [7, 11) is 0. The van der Waals surface area contributed by atoms with E-state index in [1.165, 1.54) is 5.56 Å². The van der Waals surface area contributed by atoms with Crippen LogP contribution in [0.4, 0.5) is 0 Å². The van der Waals surface area contributed by atoms with Gasteiger partial charge in [0.1, 0.15) is 0 Å². The molecule has 1 aromatic heterocycles. The van der Waals surface area contributed by atoms with Crippen LogP contribution in [0.5, 0.6) is 0 Å². The summed E-state index contributed by atoms with van der Waals surface area (Å²) in [6, 6.07) is 3.96. The van der Waals surface area contributed by atoms with Gasteiger partial charge in [-0.15, -0.1) is 0 Å². The molecule has 0 bridgehead atoms. The van der Waals surface area contributed by atoms with Gasteiger partial charge in [-0.05, 0) is 24.6 Å². The van der Waals surface area contributed by atoms with Crippen LogP contribution in [0.25, 0.3) is 0 Å². The molecule has 1 aliphatic carbocycles. The van der Waals surface area contributed by atoms with Crippen LogP contribution in [0.2, 0.25) is 0 Å². The van der Waals surface area contributed by atoms with Crippen molar-refractivity contribution < 1.29 is 9.84 Å². The van der Waals surface area contributed by atoms with Crippen molar-refractivity contribution in [2.75, 3.05) is 13.2 Å². The van der Waals surface area contributed by atoms with Crippen LogP contribution in [0.15, 0.2) is 24.5 Å². The molecular formula is C15H24N2O2. The zero-order valence-electron chi connectivity index (χ0n) is 12.0. The Kier molecular flexibility index (Phi) is 4.23.